The van der Waals surface area contributed by atoms with E-state index in [0.717, 1.165) is 6.07 Å². The highest BCUT2D eigenvalue weighted by Gasteiger charge is 2.41. The van der Waals surface area contributed by atoms with Gasteiger partial charge < -0.3 is 5.11 Å². The first-order valence-corrected chi connectivity index (χ1v) is 9.31. The molecule has 1 amide bonds. The highest BCUT2D eigenvalue weighted by Crippen LogP contribution is 2.30. The lowest BCUT2D eigenvalue weighted by molar-refractivity contribution is -0.519. The van der Waals surface area contributed by atoms with Crippen molar-refractivity contribution in [1.29, 1.82) is 0 Å². The summed E-state index contributed by atoms with van der Waals surface area (Å²) in [7, 11) is 0. The molecule has 2 aromatic rings. The lowest BCUT2D eigenvalue weighted by Crippen LogP contribution is -2.31. The molecule has 2 atom stereocenters. The van der Waals surface area contributed by atoms with Crippen LogP contribution in [0, 0.1) is 22.4 Å². The molecule has 0 saturated carbocycles. The van der Waals surface area contributed by atoms with E-state index in [1.54, 1.807) is 30.3 Å². The summed E-state index contributed by atoms with van der Waals surface area (Å²) in [6.45, 7) is -0.645. The van der Waals surface area contributed by atoms with Gasteiger partial charge in [-0.25, -0.2) is 18.0 Å². The molecule has 0 saturated heterocycles. The van der Waals surface area contributed by atoms with Crippen LogP contribution in [0.4, 0.5) is 13.2 Å². The summed E-state index contributed by atoms with van der Waals surface area (Å²) in [6.07, 6.45) is 0.901. The number of hydrogen-bond acceptors (Lipinski definition) is 3. The van der Waals surface area contributed by atoms with E-state index in [9.17, 15) is 28.0 Å². The lowest BCUT2D eigenvalue weighted by atomic mass is 9.91. The maximum absolute atomic E-state index is 14.3. The number of amides is 1. The zero-order valence-corrected chi connectivity index (χ0v) is 15.7. The summed E-state index contributed by atoms with van der Waals surface area (Å²) in [5, 5.41) is 9.61. The average molecular weight is 415 g/mol. The van der Waals surface area contributed by atoms with Crippen LogP contribution in [0.5, 0.6) is 0 Å². The van der Waals surface area contributed by atoms with Crippen LogP contribution in [0.15, 0.2) is 42.5 Å². The predicted molar refractivity (Wildman–Crippen MR) is 98.5 cm³/mol. The summed E-state index contributed by atoms with van der Waals surface area (Å²) >= 11 is 5.63. The van der Waals surface area contributed by atoms with E-state index in [1.165, 1.54) is 0 Å². The van der Waals surface area contributed by atoms with Crippen molar-refractivity contribution in [1.82, 2.24) is 0 Å². The molecule has 8 heteroatoms. The smallest absolute Gasteiger partial charge is 0.389 e. The monoisotopic (exact) mass is 414 g/mol. The highest BCUT2D eigenvalue weighted by atomic mass is 35.5. The molecule has 0 spiro atoms. The van der Waals surface area contributed by atoms with E-state index >= 15 is 0 Å². The zero-order chi connectivity index (χ0) is 20.7. The molecule has 0 bridgehead atoms. The van der Waals surface area contributed by atoms with Crippen LogP contribution in [-0.4, -0.2) is 28.3 Å². The summed E-state index contributed by atoms with van der Waals surface area (Å²) in [5.74, 6) is -6.66. The normalized spacial score (nSPS) is 13.2. The van der Waals surface area contributed by atoms with Crippen molar-refractivity contribution in [2.45, 2.75) is 31.2 Å². The van der Waals surface area contributed by atoms with Crippen LogP contribution >= 0.6 is 11.6 Å². The molecule has 1 N–H and O–H groups in total. The van der Waals surface area contributed by atoms with Gasteiger partial charge in [0.05, 0.1) is 4.76 Å². The summed E-state index contributed by atoms with van der Waals surface area (Å²) < 4.78 is 41.3. The lowest BCUT2D eigenvalue weighted by Gasteiger charge is -2.15. The van der Waals surface area contributed by atoms with E-state index in [4.69, 9.17) is 11.6 Å². The van der Waals surface area contributed by atoms with E-state index in [1.807, 2.05) is 0 Å². The Labute approximate surface area is 165 Å². The number of alkyl halides is 1. The zero-order valence-electron chi connectivity index (χ0n) is 15.0. The van der Waals surface area contributed by atoms with Crippen LogP contribution < -0.4 is 0 Å². The van der Waals surface area contributed by atoms with Gasteiger partial charge in [-0.05, 0) is 18.9 Å². The van der Waals surface area contributed by atoms with Gasteiger partial charge in [0.1, 0.15) is 12.5 Å². The Balaban J connectivity index is 2.38. The fraction of sp³-hybridized carbons (Fsp3) is 0.350. The number of hydrogen-bond donors (Lipinski definition) is 1. The number of halogens is 4. The number of benzene rings is 2. The second-order valence-electron chi connectivity index (χ2n) is 6.28. The molecule has 4 nitrogen and oxygen atoms in total. The number of aliphatic hydroxyl groups excluding tert-OH is 1. The Morgan fingerprint density at radius 2 is 1.71 bits per heavy atom. The minimum atomic E-state index is -1.70. The minimum absolute atomic E-state index is 0.0270. The quantitative estimate of drug-likeness (QED) is 0.281. The Hall–Kier alpha value is -2.25. The van der Waals surface area contributed by atoms with Crippen LogP contribution in [0.3, 0.4) is 0 Å². The van der Waals surface area contributed by atoms with Gasteiger partial charge in [0.2, 0.25) is 0 Å². The highest BCUT2D eigenvalue weighted by molar-refractivity contribution is 6.17. The number of rotatable bonds is 9. The molecule has 0 unspecified atom stereocenters. The van der Waals surface area contributed by atoms with Gasteiger partial charge in [-0.2, -0.15) is 0 Å². The average Bonchev–Trinajstić information content (AvgIpc) is 2.71. The van der Waals surface area contributed by atoms with Crippen LogP contribution in [0.25, 0.3) is 0 Å². The number of carbonyl (C=O) groups is 1. The van der Waals surface area contributed by atoms with Gasteiger partial charge >= 0.3 is 5.91 Å². The third kappa shape index (κ3) is 4.97. The van der Waals surface area contributed by atoms with Gasteiger partial charge in [-0.3, -0.25) is 0 Å². The molecule has 0 radical (unpaired) electrons. The van der Waals surface area contributed by atoms with Gasteiger partial charge in [0, 0.05) is 21.9 Å². The van der Waals surface area contributed by atoms with Gasteiger partial charge in [-0.15, -0.1) is 11.6 Å². The molecule has 0 aliphatic carbocycles. The van der Waals surface area contributed by atoms with E-state index in [-0.39, 0.29) is 11.2 Å². The second-order valence-corrected chi connectivity index (χ2v) is 6.65. The van der Waals surface area contributed by atoms with Crippen LogP contribution in [0.2, 0.25) is 0 Å². The molecule has 0 heterocycles. The molecule has 2 aromatic carbocycles. The molecule has 0 aliphatic heterocycles. The van der Waals surface area contributed by atoms with Crippen molar-refractivity contribution >= 4 is 17.5 Å². The molecular formula is C20H20ClF3NO3+. The van der Waals surface area contributed by atoms with Gasteiger partial charge in [0.25, 0.3) is 6.04 Å². The Kier molecular flexibility index (Phi) is 8.14. The molecule has 0 aliphatic rings. The summed E-state index contributed by atoms with van der Waals surface area (Å²) in [5.41, 5.74) is 0.00249. The van der Waals surface area contributed by atoms with E-state index in [0.29, 0.717) is 30.4 Å². The van der Waals surface area contributed by atoms with Crippen LogP contribution in [0.1, 0.15) is 42.3 Å². The number of nitrogens with zero attached hydrogens (tertiary/aromatic N) is 1. The summed E-state index contributed by atoms with van der Waals surface area (Å²) in [4.78, 5) is 25.5. The predicted octanol–water partition coefficient (Wildman–Crippen LogP) is 4.64. The minimum Gasteiger partial charge on any atom is -0.389 e. The van der Waals surface area contributed by atoms with Crippen molar-refractivity contribution in [2.24, 2.45) is 0 Å². The van der Waals surface area contributed by atoms with Crippen LogP contribution in [-0.2, 0) is 4.79 Å². The third-order valence-electron chi connectivity index (χ3n) is 4.47. The van der Waals surface area contributed by atoms with Gasteiger partial charge in [-0.1, -0.05) is 42.8 Å². The number of aliphatic hydroxyl groups is 1. The van der Waals surface area contributed by atoms with E-state index < -0.39 is 47.5 Å². The molecule has 28 heavy (non-hydrogen) atoms. The topological polar surface area (TPSA) is 57.4 Å². The fourth-order valence-electron chi connectivity index (χ4n) is 2.96. The second kappa shape index (κ2) is 10.3. The third-order valence-corrected chi connectivity index (χ3v) is 4.74. The Morgan fingerprint density at radius 1 is 1.04 bits per heavy atom. The Morgan fingerprint density at radius 3 is 2.32 bits per heavy atom. The maximum atomic E-state index is 14.3. The van der Waals surface area contributed by atoms with Crippen molar-refractivity contribution in [3.05, 3.63) is 76.0 Å². The largest absolute Gasteiger partial charge is 0.441 e. The fourth-order valence-corrected chi connectivity index (χ4v) is 3.15. The molecule has 0 fully saturated rings. The first-order valence-electron chi connectivity index (χ1n) is 8.77. The van der Waals surface area contributed by atoms with Gasteiger partial charge in [0.15, 0.2) is 17.5 Å². The molecule has 150 valence electrons. The maximum Gasteiger partial charge on any atom is 0.441 e. The van der Waals surface area contributed by atoms with E-state index in [2.05, 4.69) is 0 Å². The van der Waals surface area contributed by atoms with Crippen molar-refractivity contribution in [3.8, 4) is 0 Å². The van der Waals surface area contributed by atoms with Crippen molar-refractivity contribution < 1.29 is 27.8 Å². The summed E-state index contributed by atoms with van der Waals surface area (Å²) in [6, 6.07) is 8.61. The van der Waals surface area contributed by atoms with Crippen molar-refractivity contribution in [3.63, 3.8) is 0 Å². The first-order chi connectivity index (χ1) is 13.4. The molecular weight excluding hydrogens is 395 g/mol. The number of nitroso groups, excluding NO2 is 1. The SMILES string of the molecule is O=C([C@@H](CCCCCl)c1ccc(F)c(F)c1F)[N+](=O)[C@H](CO)c1ccccc1. The Bertz CT molecular complexity index is 833. The first kappa shape index (κ1) is 22.0. The molecule has 0 aromatic heterocycles. The molecule has 2 rings (SSSR count). The standard InChI is InChI=1S/C20H20ClF3NO3/c21-11-5-4-8-15(14-9-10-16(22)19(24)18(14)23)20(27)25(28)17(12-26)13-6-2-1-3-7-13/h1-3,6-7,9-10,15,17,26H,4-5,8,11-12H2/q+1/t15-,17+/m0/s1. The van der Waals surface area contributed by atoms with Crippen molar-refractivity contribution in [2.75, 3.05) is 12.5 Å². The number of unbranched alkanes of at least 4 members (excludes halogenated alkanes) is 1. The number of carbonyl (C=O) groups excluding carboxylic acids is 1.